The van der Waals surface area contributed by atoms with Crippen LogP contribution in [0.15, 0.2) is 59.7 Å². The monoisotopic (exact) mass is 445 g/mol. The second-order valence-corrected chi connectivity index (χ2v) is 6.62. The van der Waals surface area contributed by atoms with Crippen molar-refractivity contribution in [3.05, 3.63) is 88.2 Å². The van der Waals surface area contributed by atoms with Crippen LogP contribution >= 0.6 is 12.4 Å². The highest BCUT2D eigenvalue weighted by Crippen LogP contribution is 2.20. The Hall–Kier alpha value is -3.43. The molecular formula is C21H18ClF2N5O2. The van der Waals surface area contributed by atoms with E-state index in [0.717, 1.165) is 18.2 Å². The topological polar surface area (TPSA) is 95.9 Å². The summed E-state index contributed by atoms with van der Waals surface area (Å²) in [6, 6.07) is 8.82. The molecule has 0 aliphatic carbocycles. The summed E-state index contributed by atoms with van der Waals surface area (Å²) in [5.41, 5.74) is 6.81. The number of ether oxygens (including phenoxy) is 1. The second kappa shape index (κ2) is 9.15. The molecule has 31 heavy (non-hydrogen) atoms. The van der Waals surface area contributed by atoms with Gasteiger partial charge in [-0.25, -0.2) is 23.7 Å². The number of hydrogen-bond donors (Lipinski definition) is 1. The van der Waals surface area contributed by atoms with Crippen LogP contribution in [0.1, 0.15) is 17.4 Å². The predicted octanol–water partition coefficient (Wildman–Crippen LogP) is 3.13. The van der Waals surface area contributed by atoms with E-state index in [1.54, 1.807) is 24.3 Å². The zero-order valence-electron chi connectivity index (χ0n) is 16.3. The molecule has 0 radical (unpaired) electrons. The predicted molar refractivity (Wildman–Crippen MR) is 114 cm³/mol. The normalized spacial score (nSPS) is 11.7. The van der Waals surface area contributed by atoms with E-state index in [2.05, 4.69) is 15.0 Å². The molecule has 0 saturated carbocycles. The van der Waals surface area contributed by atoms with Gasteiger partial charge in [-0.3, -0.25) is 9.36 Å². The molecule has 7 nitrogen and oxygen atoms in total. The molecule has 0 amide bonds. The van der Waals surface area contributed by atoms with Gasteiger partial charge < -0.3 is 10.5 Å². The van der Waals surface area contributed by atoms with E-state index in [-0.39, 0.29) is 41.4 Å². The molecule has 0 fully saturated rings. The van der Waals surface area contributed by atoms with Crippen LogP contribution in [0.4, 0.5) is 8.78 Å². The summed E-state index contributed by atoms with van der Waals surface area (Å²) < 4.78 is 33.7. The highest BCUT2D eigenvalue weighted by molar-refractivity contribution is 5.85. The summed E-state index contributed by atoms with van der Waals surface area (Å²) in [5, 5.41) is 0.322. The van der Waals surface area contributed by atoms with Crippen molar-refractivity contribution in [3.63, 3.8) is 0 Å². The molecule has 160 valence electrons. The van der Waals surface area contributed by atoms with Crippen LogP contribution in [0.25, 0.3) is 16.7 Å². The molecule has 10 heteroatoms. The van der Waals surface area contributed by atoms with Crippen molar-refractivity contribution >= 4 is 23.4 Å². The Morgan fingerprint density at radius 2 is 1.87 bits per heavy atom. The molecule has 0 aliphatic heterocycles. The molecule has 3 heterocycles. The third-order valence-corrected chi connectivity index (χ3v) is 4.62. The minimum atomic E-state index is -0.805. The molecule has 2 N–H and O–H groups in total. The maximum atomic E-state index is 13.6. The standard InChI is InChI=1S/C21H17F2N5O2.ClH/c1-30-19-5-4-15(11-26-19)28-18(27-20-16(21(28)29)3-2-6-25-20)10-17(24)12-7-13(22)9-14(23)8-12;/h2-9,11,17H,10,24H2,1H3;1H/t17-;/m0./s1. The summed E-state index contributed by atoms with van der Waals surface area (Å²) >= 11 is 0. The van der Waals surface area contributed by atoms with E-state index < -0.39 is 17.7 Å². The third-order valence-electron chi connectivity index (χ3n) is 4.62. The zero-order chi connectivity index (χ0) is 21.3. The van der Waals surface area contributed by atoms with E-state index in [4.69, 9.17) is 10.5 Å². The average Bonchev–Trinajstić information content (AvgIpc) is 2.73. The Morgan fingerprint density at radius 3 is 2.52 bits per heavy atom. The number of pyridine rings is 2. The smallest absolute Gasteiger partial charge is 0.267 e. The fourth-order valence-electron chi connectivity index (χ4n) is 3.20. The lowest BCUT2D eigenvalue weighted by atomic mass is 10.0. The zero-order valence-corrected chi connectivity index (χ0v) is 17.1. The van der Waals surface area contributed by atoms with E-state index in [9.17, 15) is 13.6 Å². The van der Waals surface area contributed by atoms with Gasteiger partial charge in [-0.05, 0) is 35.9 Å². The maximum Gasteiger partial charge on any atom is 0.267 e. The Labute approximate surface area is 182 Å². The van der Waals surface area contributed by atoms with Crippen molar-refractivity contribution in [2.24, 2.45) is 5.73 Å². The first kappa shape index (κ1) is 22.3. The number of fused-ring (bicyclic) bond motifs is 1. The van der Waals surface area contributed by atoms with E-state index in [1.165, 1.54) is 24.1 Å². The van der Waals surface area contributed by atoms with Gasteiger partial charge in [0.05, 0.1) is 24.4 Å². The Kier molecular flexibility index (Phi) is 6.57. The molecule has 4 aromatic rings. The number of methoxy groups -OCH3 is 1. The molecule has 0 spiro atoms. The fourth-order valence-corrected chi connectivity index (χ4v) is 3.20. The summed E-state index contributed by atoms with van der Waals surface area (Å²) in [6.45, 7) is 0. The quantitative estimate of drug-likeness (QED) is 0.507. The molecule has 0 unspecified atom stereocenters. The molecule has 3 aromatic heterocycles. The number of halogens is 3. The molecular weight excluding hydrogens is 428 g/mol. The fraction of sp³-hybridized carbons (Fsp3) is 0.143. The van der Waals surface area contributed by atoms with E-state index in [0.29, 0.717) is 17.0 Å². The van der Waals surface area contributed by atoms with E-state index >= 15 is 0 Å². The summed E-state index contributed by atoms with van der Waals surface area (Å²) in [5.74, 6) is -0.790. The SMILES string of the molecule is COc1ccc(-n2c(C[C@H](N)c3cc(F)cc(F)c3)nc3ncccc3c2=O)cn1.Cl. The highest BCUT2D eigenvalue weighted by Gasteiger charge is 2.18. The van der Waals surface area contributed by atoms with Gasteiger partial charge in [-0.2, -0.15) is 0 Å². The molecule has 1 aromatic carbocycles. The van der Waals surface area contributed by atoms with Crippen molar-refractivity contribution < 1.29 is 13.5 Å². The van der Waals surface area contributed by atoms with Crippen molar-refractivity contribution in [2.75, 3.05) is 7.11 Å². The van der Waals surface area contributed by atoms with Gasteiger partial charge >= 0.3 is 0 Å². The number of benzene rings is 1. The lowest BCUT2D eigenvalue weighted by Gasteiger charge is -2.17. The van der Waals surface area contributed by atoms with Crippen molar-refractivity contribution in [1.29, 1.82) is 0 Å². The van der Waals surface area contributed by atoms with Crippen molar-refractivity contribution in [1.82, 2.24) is 19.5 Å². The average molecular weight is 446 g/mol. The number of hydrogen-bond acceptors (Lipinski definition) is 6. The van der Waals surface area contributed by atoms with Crippen LogP contribution in [0.3, 0.4) is 0 Å². The molecule has 0 aliphatic rings. The summed E-state index contributed by atoms with van der Waals surface area (Å²) in [7, 11) is 1.49. The van der Waals surface area contributed by atoms with Gasteiger partial charge in [0, 0.05) is 30.8 Å². The lowest BCUT2D eigenvalue weighted by Crippen LogP contribution is -2.27. The number of rotatable bonds is 5. The second-order valence-electron chi connectivity index (χ2n) is 6.62. The number of nitrogens with two attached hydrogens (primary N) is 1. The van der Waals surface area contributed by atoms with E-state index in [1.807, 2.05) is 0 Å². The molecule has 4 rings (SSSR count). The van der Waals surface area contributed by atoms with Gasteiger partial charge in [0.1, 0.15) is 17.5 Å². The van der Waals surface area contributed by atoms with Crippen LogP contribution in [0, 0.1) is 11.6 Å². The minimum absolute atomic E-state index is 0. The molecule has 1 atom stereocenters. The molecule has 0 saturated heterocycles. The van der Waals surface area contributed by atoms with Gasteiger partial charge in [0.25, 0.3) is 5.56 Å². The van der Waals surface area contributed by atoms with Crippen LogP contribution in [-0.4, -0.2) is 26.6 Å². The van der Waals surface area contributed by atoms with Gasteiger partial charge in [-0.15, -0.1) is 12.4 Å². The Balaban J connectivity index is 0.00000272. The Morgan fingerprint density at radius 1 is 1.13 bits per heavy atom. The highest BCUT2D eigenvalue weighted by atomic mass is 35.5. The van der Waals surface area contributed by atoms with Crippen molar-refractivity contribution in [3.8, 4) is 11.6 Å². The largest absolute Gasteiger partial charge is 0.481 e. The van der Waals surface area contributed by atoms with Crippen LogP contribution < -0.4 is 16.0 Å². The number of nitrogens with zero attached hydrogens (tertiary/aromatic N) is 4. The minimum Gasteiger partial charge on any atom is -0.481 e. The lowest BCUT2D eigenvalue weighted by molar-refractivity contribution is 0.397. The first-order valence-corrected chi connectivity index (χ1v) is 9.05. The van der Waals surface area contributed by atoms with Gasteiger partial charge in [-0.1, -0.05) is 0 Å². The summed E-state index contributed by atoms with van der Waals surface area (Å²) in [4.78, 5) is 26.0. The Bertz CT molecular complexity index is 1260. The van der Waals surface area contributed by atoms with Gasteiger partial charge in [0.15, 0.2) is 5.65 Å². The third kappa shape index (κ3) is 4.52. The first-order valence-electron chi connectivity index (χ1n) is 9.05. The van der Waals surface area contributed by atoms with Crippen LogP contribution in [0.5, 0.6) is 5.88 Å². The van der Waals surface area contributed by atoms with Crippen molar-refractivity contribution in [2.45, 2.75) is 12.5 Å². The van der Waals surface area contributed by atoms with Gasteiger partial charge in [0.2, 0.25) is 5.88 Å². The molecule has 0 bridgehead atoms. The first-order chi connectivity index (χ1) is 14.5. The maximum absolute atomic E-state index is 13.6. The van der Waals surface area contributed by atoms with Crippen LogP contribution in [-0.2, 0) is 6.42 Å². The van der Waals surface area contributed by atoms with Crippen LogP contribution in [0.2, 0.25) is 0 Å². The summed E-state index contributed by atoms with van der Waals surface area (Å²) in [6.07, 6.45) is 3.04. The number of aromatic nitrogens is 4.